The Kier molecular flexibility index (Phi) is 8.67. The molecule has 0 spiro atoms. The highest BCUT2D eigenvalue weighted by molar-refractivity contribution is 4.80. The van der Waals surface area contributed by atoms with Crippen molar-refractivity contribution < 1.29 is 4.74 Å². The van der Waals surface area contributed by atoms with Crippen LogP contribution in [0.2, 0.25) is 0 Å². The Balaban J connectivity index is 2.12. The van der Waals surface area contributed by atoms with Gasteiger partial charge in [0.1, 0.15) is 0 Å². The van der Waals surface area contributed by atoms with Crippen LogP contribution in [-0.4, -0.2) is 50.3 Å². The zero-order valence-electron chi connectivity index (χ0n) is 13.5. The number of likely N-dealkylation sites (tertiary alicyclic amines) is 1. The monoisotopic (exact) mass is 270 g/mol. The molecule has 1 aliphatic heterocycles. The molecule has 1 rings (SSSR count). The summed E-state index contributed by atoms with van der Waals surface area (Å²) in [5.74, 6) is 1.45. The molecule has 2 atom stereocenters. The Labute approximate surface area is 120 Å². The second-order valence-electron chi connectivity index (χ2n) is 6.41. The van der Waals surface area contributed by atoms with Gasteiger partial charge in [0.15, 0.2) is 0 Å². The summed E-state index contributed by atoms with van der Waals surface area (Å²) in [5.41, 5.74) is 0. The summed E-state index contributed by atoms with van der Waals surface area (Å²) in [6.07, 6.45) is 4.01. The molecule has 0 saturated carbocycles. The number of hydrogen-bond donors (Lipinski definition) is 1. The molecule has 2 unspecified atom stereocenters. The number of nitrogens with zero attached hydrogens (tertiary/aromatic N) is 1. The number of hydrogen-bond acceptors (Lipinski definition) is 3. The minimum atomic E-state index is 0.613. The van der Waals surface area contributed by atoms with E-state index in [1.165, 1.54) is 38.9 Å². The Morgan fingerprint density at radius 1 is 1.32 bits per heavy atom. The fourth-order valence-electron chi connectivity index (χ4n) is 2.86. The summed E-state index contributed by atoms with van der Waals surface area (Å²) in [5, 5.41) is 3.64. The average molecular weight is 270 g/mol. The van der Waals surface area contributed by atoms with Crippen LogP contribution in [0.15, 0.2) is 0 Å². The maximum Gasteiger partial charge on any atom is 0.0591 e. The van der Waals surface area contributed by atoms with Crippen LogP contribution in [-0.2, 0) is 4.74 Å². The van der Waals surface area contributed by atoms with E-state index in [4.69, 9.17) is 4.74 Å². The lowest BCUT2D eigenvalue weighted by Gasteiger charge is -2.36. The molecule has 0 aromatic carbocycles. The fraction of sp³-hybridized carbons (Fsp3) is 1.00. The predicted molar refractivity (Wildman–Crippen MR) is 82.6 cm³/mol. The van der Waals surface area contributed by atoms with Crippen molar-refractivity contribution in [3.63, 3.8) is 0 Å². The van der Waals surface area contributed by atoms with E-state index in [-0.39, 0.29) is 0 Å². The number of rotatable bonds is 9. The van der Waals surface area contributed by atoms with Gasteiger partial charge in [-0.05, 0) is 51.1 Å². The maximum atomic E-state index is 5.62. The van der Waals surface area contributed by atoms with E-state index in [2.05, 4.69) is 37.9 Å². The molecule has 0 amide bonds. The summed E-state index contributed by atoms with van der Waals surface area (Å²) in [6.45, 7) is 15.5. The largest absolute Gasteiger partial charge is 0.380 e. The predicted octanol–water partition coefficient (Wildman–Crippen LogP) is 2.76. The van der Waals surface area contributed by atoms with Gasteiger partial charge in [-0.25, -0.2) is 0 Å². The van der Waals surface area contributed by atoms with Crippen molar-refractivity contribution in [1.29, 1.82) is 0 Å². The van der Waals surface area contributed by atoms with Crippen molar-refractivity contribution in [1.82, 2.24) is 10.2 Å². The quantitative estimate of drug-likeness (QED) is 0.652. The second-order valence-corrected chi connectivity index (χ2v) is 6.41. The molecule has 0 bridgehead atoms. The molecule has 3 heteroatoms. The Morgan fingerprint density at radius 2 is 2.11 bits per heavy atom. The molecule has 3 nitrogen and oxygen atoms in total. The summed E-state index contributed by atoms with van der Waals surface area (Å²) in [7, 11) is 0. The molecule has 1 N–H and O–H groups in total. The SMILES string of the molecule is CCCN1CCCC(C(C)NCCOCC(C)C)C1. The van der Waals surface area contributed by atoms with Crippen LogP contribution >= 0.6 is 0 Å². The number of ether oxygens (including phenoxy) is 1. The highest BCUT2D eigenvalue weighted by atomic mass is 16.5. The minimum absolute atomic E-state index is 0.613. The summed E-state index contributed by atoms with van der Waals surface area (Å²) in [4.78, 5) is 2.63. The Morgan fingerprint density at radius 3 is 2.79 bits per heavy atom. The Bertz CT molecular complexity index is 219. The first-order valence-electron chi connectivity index (χ1n) is 8.17. The fourth-order valence-corrected chi connectivity index (χ4v) is 2.86. The van der Waals surface area contributed by atoms with E-state index in [1.807, 2.05) is 0 Å². The lowest BCUT2D eigenvalue weighted by atomic mass is 9.91. The van der Waals surface area contributed by atoms with Crippen molar-refractivity contribution in [2.24, 2.45) is 11.8 Å². The van der Waals surface area contributed by atoms with Crippen LogP contribution in [0, 0.1) is 11.8 Å². The van der Waals surface area contributed by atoms with Crippen LogP contribution in [0.1, 0.15) is 47.0 Å². The van der Waals surface area contributed by atoms with Gasteiger partial charge in [-0.1, -0.05) is 20.8 Å². The zero-order chi connectivity index (χ0) is 14.1. The molecule has 0 radical (unpaired) electrons. The van der Waals surface area contributed by atoms with Gasteiger partial charge >= 0.3 is 0 Å². The molecule has 1 heterocycles. The maximum absolute atomic E-state index is 5.62. The van der Waals surface area contributed by atoms with E-state index in [1.54, 1.807) is 0 Å². The zero-order valence-corrected chi connectivity index (χ0v) is 13.5. The second kappa shape index (κ2) is 9.73. The third-order valence-corrected chi connectivity index (χ3v) is 3.95. The van der Waals surface area contributed by atoms with Gasteiger partial charge in [0, 0.05) is 25.7 Å². The van der Waals surface area contributed by atoms with Gasteiger partial charge in [0.05, 0.1) is 6.61 Å². The van der Waals surface area contributed by atoms with Crippen molar-refractivity contribution in [2.45, 2.75) is 53.0 Å². The first-order chi connectivity index (χ1) is 9.13. The lowest BCUT2D eigenvalue weighted by Crippen LogP contribution is -2.45. The molecule has 1 fully saturated rings. The van der Waals surface area contributed by atoms with Crippen LogP contribution in [0.3, 0.4) is 0 Å². The molecular weight excluding hydrogens is 236 g/mol. The molecule has 1 saturated heterocycles. The number of piperidine rings is 1. The van der Waals surface area contributed by atoms with Crippen molar-refractivity contribution in [3.05, 3.63) is 0 Å². The summed E-state index contributed by atoms with van der Waals surface area (Å²) in [6, 6.07) is 0.613. The molecule has 1 aliphatic rings. The third kappa shape index (κ3) is 7.28. The molecule has 114 valence electrons. The Hall–Kier alpha value is -0.120. The molecular formula is C16H34N2O. The first-order valence-corrected chi connectivity index (χ1v) is 8.17. The van der Waals surface area contributed by atoms with Gasteiger partial charge in [0.2, 0.25) is 0 Å². The highest BCUT2D eigenvalue weighted by Gasteiger charge is 2.23. The molecule has 0 aromatic rings. The van der Waals surface area contributed by atoms with E-state index < -0.39 is 0 Å². The van der Waals surface area contributed by atoms with Gasteiger partial charge in [0.25, 0.3) is 0 Å². The van der Waals surface area contributed by atoms with Crippen LogP contribution < -0.4 is 5.32 Å². The van der Waals surface area contributed by atoms with Crippen LogP contribution in [0.25, 0.3) is 0 Å². The van der Waals surface area contributed by atoms with Gasteiger partial charge in [-0.2, -0.15) is 0 Å². The van der Waals surface area contributed by atoms with E-state index in [0.717, 1.165) is 25.7 Å². The first kappa shape index (κ1) is 16.9. The molecule has 0 aromatic heterocycles. The lowest BCUT2D eigenvalue weighted by molar-refractivity contribution is 0.103. The van der Waals surface area contributed by atoms with Gasteiger partial charge in [-0.3, -0.25) is 0 Å². The normalized spacial score (nSPS) is 22.9. The van der Waals surface area contributed by atoms with Gasteiger partial charge < -0.3 is 15.0 Å². The van der Waals surface area contributed by atoms with Crippen molar-refractivity contribution >= 4 is 0 Å². The molecule has 19 heavy (non-hydrogen) atoms. The number of nitrogens with one attached hydrogen (secondary N) is 1. The van der Waals surface area contributed by atoms with Crippen molar-refractivity contribution in [2.75, 3.05) is 39.4 Å². The molecule has 0 aliphatic carbocycles. The highest BCUT2D eigenvalue weighted by Crippen LogP contribution is 2.19. The summed E-state index contributed by atoms with van der Waals surface area (Å²) < 4.78 is 5.62. The van der Waals surface area contributed by atoms with Gasteiger partial charge in [-0.15, -0.1) is 0 Å². The third-order valence-electron chi connectivity index (χ3n) is 3.95. The average Bonchev–Trinajstić information content (AvgIpc) is 2.38. The van der Waals surface area contributed by atoms with Crippen LogP contribution in [0.4, 0.5) is 0 Å². The minimum Gasteiger partial charge on any atom is -0.380 e. The smallest absolute Gasteiger partial charge is 0.0591 e. The summed E-state index contributed by atoms with van der Waals surface area (Å²) >= 11 is 0. The standard InChI is InChI=1S/C16H34N2O/c1-5-9-18-10-6-7-16(12-18)15(4)17-8-11-19-13-14(2)3/h14-17H,5-13H2,1-4H3. The van der Waals surface area contributed by atoms with E-state index >= 15 is 0 Å². The van der Waals surface area contributed by atoms with Crippen LogP contribution in [0.5, 0.6) is 0 Å². The van der Waals surface area contributed by atoms with E-state index in [9.17, 15) is 0 Å². The van der Waals surface area contributed by atoms with Crippen molar-refractivity contribution in [3.8, 4) is 0 Å². The topological polar surface area (TPSA) is 24.5 Å². The van der Waals surface area contributed by atoms with E-state index in [0.29, 0.717) is 12.0 Å².